The molecular weight excluding hydrogens is 468 g/mol. The molecule has 9 nitrogen and oxygen atoms in total. The Morgan fingerprint density at radius 1 is 0.944 bits per heavy atom. The summed E-state index contributed by atoms with van der Waals surface area (Å²) in [5, 5.41) is 51.6. The Morgan fingerprint density at radius 2 is 1.75 bits per heavy atom. The zero-order chi connectivity index (χ0) is 25.6. The predicted octanol–water partition coefficient (Wildman–Crippen LogP) is 2.99. The highest BCUT2D eigenvalue weighted by atomic mass is 16.5. The van der Waals surface area contributed by atoms with Gasteiger partial charge >= 0.3 is 0 Å². The van der Waals surface area contributed by atoms with Gasteiger partial charge in [0.05, 0.1) is 26.9 Å². The van der Waals surface area contributed by atoms with Gasteiger partial charge in [0.25, 0.3) is 0 Å². The summed E-state index contributed by atoms with van der Waals surface area (Å²) in [6, 6.07) is 8.35. The first-order chi connectivity index (χ1) is 17.4. The monoisotopic (exact) mass is 496 g/mol. The molecule has 0 aromatic heterocycles. The third-order valence-corrected chi connectivity index (χ3v) is 6.79. The number of aliphatic hydroxyl groups excluding tert-OH is 2. The maximum atomic E-state index is 11.2. The summed E-state index contributed by atoms with van der Waals surface area (Å²) >= 11 is 0. The number of phenolic OH excluding ortho intramolecular Hbond substituents is 3. The zero-order valence-corrected chi connectivity index (χ0v) is 19.9. The van der Waals surface area contributed by atoms with Crippen LogP contribution in [0.15, 0.2) is 30.3 Å². The lowest BCUT2D eigenvalue weighted by Gasteiger charge is -2.35. The highest BCUT2D eigenvalue weighted by Gasteiger charge is 2.37. The van der Waals surface area contributed by atoms with Gasteiger partial charge in [-0.15, -0.1) is 0 Å². The minimum Gasteiger partial charge on any atom is -0.508 e. The van der Waals surface area contributed by atoms with Gasteiger partial charge in [-0.05, 0) is 47.7 Å². The maximum Gasteiger partial charge on any atom is 0.207 e. The number of ether oxygens (including phenoxy) is 4. The number of hydrogen-bond acceptors (Lipinski definition) is 9. The molecule has 0 amide bonds. The van der Waals surface area contributed by atoms with Gasteiger partial charge in [0.1, 0.15) is 23.9 Å². The van der Waals surface area contributed by atoms with Crippen LogP contribution < -0.4 is 18.9 Å². The number of aryl methyl sites for hydroxylation is 1. The fourth-order valence-corrected chi connectivity index (χ4v) is 5.19. The Morgan fingerprint density at radius 3 is 2.47 bits per heavy atom. The molecule has 0 saturated carbocycles. The highest BCUT2D eigenvalue weighted by Crippen LogP contribution is 2.52. The number of fused-ring (bicyclic) bond motifs is 5. The zero-order valence-electron chi connectivity index (χ0n) is 19.9. The van der Waals surface area contributed by atoms with Crippen LogP contribution in [0.3, 0.4) is 0 Å². The van der Waals surface area contributed by atoms with Crippen LogP contribution >= 0.6 is 0 Å². The average Bonchev–Trinajstić information content (AvgIpc) is 2.87. The number of hydrogen-bond donors (Lipinski definition) is 5. The van der Waals surface area contributed by atoms with E-state index in [-0.39, 0.29) is 53.9 Å². The molecule has 1 aliphatic heterocycles. The quantitative estimate of drug-likeness (QED) is 0.349. The average molecular weight is 497 g/mol. The van der Waals surface area contributed by atoms with E-state index in [1.165, 1.54) is 20.3 Å². The second-order valence-electron chi connectivity index (χ2n) is 8.83. The lowest BCUT2D eigenvalue weighted by Crippen LogP contribution is -2.31. The van der Waals surface area contributed by atoms with Crippen LogP contribution in [0.2, 0.25) is 0 Å². The van der Waals surface area contributed by atoms with Crippen LogP contribution in [0.5, 0.6) is 40.2 Å². The van der Waals surface area contributed by atoms with Crippen molar-refractivity contribution in [2.45, 2.75) is 31.5 Å². The fraction of sp³-hybridized carbons (Fsp3) is 0.333. The summed E-state index contributed by atoms with van der Waals surface area (Å²) in [6.45, 7) is -0.0880. The smallest absolute Gasteiger partial charge is 0.207 e. The second kappa shape index (κ2) is 9.33. The van der Waals surface area contributed by atoms with Crippen molar-refractivity contribution in [3.63, 3.8) is 0 Å². The first-order valence-electron chi connectivity index (χ1n) is 11.6. The Labute approximate surface area is 207 Å². The molecule has 3 aromatic rings. The third-order valence-electron chi connectivity index (χ3n) is 6.79. The molecule has 9 heteroatoms. The molecule has 0 saturated heterocycles. The summed E-state index contributed by atoms with van der Waals surface area (Å²) in [5.74, 6) is 0.377. The van der Waals surface area contributed by atoms with Crippen molar-refractivity contribution in [1.29, 1.82) is 0 Å². The predicted molar refractivity (Wildman–Crippen MR) is 129 cm³/mol. The van der Waals surface area contributed by atoms with Gasteiger partial charge < -0.3 is 44.5 Å². The van der Waals surface area contributed by atoms with E-state index in [0.717, 1.165) is 27.8 Å². The van der Waals surface area contributed by atoms with Gasteiger partial charge in [0, 0.05) is 29.2 Å². The second-order valence-corrected chi connectivity index (χ2v) is 8.83. The number of rotatable bonds is 6. The standard InChI is InChI=1S/C27H28O9/c1-33-22-11-18(24(31)27(34-2)25(22)32)26-19(30)10-17-16-5-3-13-9-14(29)4-6-15(13)23(16)21(35-8-7-28)12-20(17)36-26/h4,6,9,11-12,19,26,28-32H,3,5,7-8,10H2,1-2H3. The molecule has 0 fully saturated rings. The molecule has 0 bridgehead atoms. The van der Waals surface area contributed by atoms with E-state index in [4.69, 9.17) is 18.9 Å². The molecule has 0 spiro atoms. The Hall–Kier alpha value is -3.82. The Bertz CT molecular complexity index is 1320. The summed E-state index contributed by atoms with van der Waals surface area (Å²) in [6.07, 6.45) is -0.397. The number of methoxy groups -OCH3 is 2. The topological polar surface area (TPSA) is 138 Å². The van der Waals surface area contributed by atoms with Crippen LogP contribution in [0.1, 0.15) is 28.4 Å². The van der Waals surface area contributed by atoms with Crippen LogP contribution in [-0.2, 0) is 19.3 Å². The van der Waals surface area contributed by atoms with E-state index in [0.29, 0.717) is 24.3 Å². The van der Waals surface area contributed by atoms with Crippen LogP contribution in [0, 0.1) is 0 Å². The largest absolute Gasteiger partial charge is 0.508 e. The van der Waals surface area contributed by atoms with Crippen LogP contribution in [-0.4, -0.2) is 59.1 Å². The number of phenols is 3. The van der Waals surface area contributed by atoms with E-state index in [2.05, 4.69) is 0 Å². The molecule has 2 atom stereocenters. The molecule has 36 heavy (non-hydrogen) atoms. The molecule has 2 unspecified atom stereocenters. The normalized spacial score (nSPS) is 17.9. The summed E-state index contributed by atoms with van der Waals surface area (Å²) in [4.78, 5) is 0. The Kier molecular flexibility index (Phi) is 6.19. The minimum atomic E-state index is -1.02. The maximum absolute atomic E-state index is 11.2. The van der Waals surface area contributed by atoms with Gasteiger partial charge in [-0.2, -0.15) is 0 Å². The Balaban J connectivity index is 1.64. The summed E-state index contributed by atoms with van der Waals surface area (Å²) in [5.41, 5.74) is 4.78. The van der Waals surface area contributed by atoms with E-state index in [1.54, 1.807) is 18.2 Å². The summed E-state index contributed by atoms with van der Waals surface area (Å²) < 4.78 is 22.5. The van der Waals surface area contributed by atoms with Gasteiger partial charge in [0.15, 0.2) is 17.6 Å². The lowest BCUT2D eigenvalue weighted by molar-refractivity contribution is 0.0186. The molecule has 2 aliphatic rings. The van der Waals surface area contributed by atoms with Crippen molar-refractivity contribution in [1.82, 2.24) is 0 Å². The van der Waals surface area contributed by atoms with Crippen molar-refractivity contribution in [2.75, 3.05) is 27.4 Å². The molecule has 0 radical (unpaired) electrons. The summed E-state index contributed by atoms with van der Waals surface area (Å²) in [7, 11) is 2.68. The van der Waals surface area contributed by atoms with Crippen molar-refractivity contribution in [3.8, 4) is 51.4 Å². The lowest BCUT2D eigenvalue weighted by atomic mass is 9.79. The third kappa shape index (κ3) is 3.81. The van der Waals surface area contributed by atoms with Crippen molar-refractivity contribution in [3.05, 3.63) is 52.6 Å². The van der Waals surface area contributed by atoms with Gasteiger partial charge in [0.2, 0.25) is 11.5 Å². The van der Waals surface area contributed by atoms with Gasteiger partial charge in [-0.25, -0.2) is 0 Å². The number of aromatic hydroxyl groups is 3. The van der Waals surface area contributed by atoms with Crippen molar-refractivity contribution in [2.24, 2.45) is 0 Å². The van der Waals surface area contributed by atoms with Gasteiger partial charge in [-0.1, -0.05) is 6.07 Å². The molecule has 1 aliphatic carbocycles. The van der Waals surface area contributed by atoms with E-state index in [1.807, 2.05) is 6.07 Å². The molecule has 190 valence electrons. The SMILES string of the molecule is COc1cc(C2Oc3cc(OCCO)c4c(c3CC2O)CCc2cc(O)ccc2-4)c(O)c(OC)c1O. The van der Waals surface area contributed by atoms with E-state index in [9.17, 15) is 25.5 Å². The molecule has 5 rings (SSSR count). The van der Waals surface area contributed by atoms with E-state index < -0.39 is 12.2 Å². The van der Waals surface area contributed by atoms with Gasteiger partial charge in [-0.3, -0.25) is 0 Å². The van der Waals surface area contributed by atoms with Crippen LogP contribution in [0.25, 0.3) is 11.1 Å². The molecule has 1 heterocycles. The molecule has 5 N–H and O–H groups in total. The minimum absolute atomic E-state index is 0.0681. The number of benzene rings is 3. The van der Waals surface area contributed by atoms with Crippen molar-refractivity contribution >= 4 is 0 Å². The van der Waals surface area contributed by atoms with Crippen molar-refractivity contribution < 1.29 is 44.5 Å². The number of aliphatic hydroxyl groups is 2. The first kappa shape index (κ1) is 23.9. The van der Waals surface area contributed by atoms with E-state index >= 15 is 0 Å². The molecule has 3 aromatic carbocycles. The molecular formula is C27H28O9. The first-order valence-corrected chi connectivity index (χ1v) is 11.6. The fourth-order valence-electron chi connectivity index (χ4n) is 5.19. The van der Waals surface area contributed by atoms with Crippen LogP contribution in [0.4, 0.5) is 0 Å². The highest BCUT2D eigenvalue weighted by molar-refractivity contribution is 5.82.